The summed E-state index contributed by atoms with van der Waals surface area (Å²) < 4.78 is 4.91. The summed E-state index contributed by atoms with van der Waals surface area (Å²) >= 11 is 0. The lowest BCUT2D eigenvalue weighted by atomic mass is 10.1. The number of carbonyl (C=O) groups excluding carboxylic acids is 2. The van der Waals surface area contributed by atoms with Gasteiger partial charge < -0.3 is 4.74 Å². The molecule has 3 heteroatoms. The first-order chi connectivity index (χ1) is 7.65. The van der Waals surface area contributed by atoms with E-state index in [1.165, 1.54) is 6.92 Å². The average molecular weight is 218 g/mol. The number of rotatable bonds is 4. The lowest BCUT2D eigenvalue weighted by molar-refractivity contribution is -0.131. The molecule has 1 aromatic carbocycles. The highest BCUT2D eigenvalue weighted by molar-refractivity contribution is 5.85. The Balaban J connectivity index is 1.95. The van der Waals surface area contributed by atoms with Crippen LogP contribution in [0.5, 0.6) is 5.75 Å². The molecular weight excluding hydrogens is 204 g/mol. The van der Waals surface area contributed by atoms with Crippen molar-refractivity contribution in [3.8, 4) is 5.75 Å². The number of esters is 1. The van der Waals surface area contributed by atoms with E-state index >= 15 is 0 Å². The highest BCUT2D eigenvalue weighted by Gasteiger charge is 2.28. The van der Waals surface area contributed by atoms with Crippen LogP contribution in [0.15, 0.2) is 24.3 Å². The highest BCUT2D eigenvalue weighted by Crippen LogP contribution is 2.31. The molecule has 0 radical (unpaired) electrons. The van der Waals surface area contributed by atoms with Gasteiger partial charge >= 0.3 is 5.97 Å². The predicted octanol–water partition coefficient (Wildman–Crippen LogP) is 2.13. The van der Waals surface area contributed by atoms with Crippen molar-refractivity contribution in [1.29, 1.82) is 0 Å². The van der Waals surface area contributed by atoms with Gasteiger partial charge in [0.2, 0.25) is 0 Å². The molecule has 0 amide bonds. The first-order valence-corrected chi connectivity index (χ1v) is 5.45. The predicted molar refractivity (Wildman–Crippen MR) is 59.2 cm³/mol. The molecule has 0 bridgehead atoms. The Morgan fingerprint density at radius 1 is 1.25 bits per heavy atom. The van der Waals surface area contributed by atoms with E-state index < -0.39 is 0 Å². The third-order valence-corrected chi connectivity index (χ3v) is 2.60. The third kappa shape index (κ3) is 2.92. The number of hydrogen-bond acceptors (Lipinski definition) is 3. The van der Waals surface area contributed by atoms with Crippen LogP contribution in [-0.4, -0.2) is 11.8 Å². The number of ketones is 1. The second-order valence-corrected chi connectivity index (χ2v) is 4.15. The quantitative estimate of drug-likeness (QED) is 0.574. The topological polar surface area (TPSA) is 43.4 Å². The maximum atomic E-state index is 11.6. The first-order valence-electron chi connectivity index (χ1n) is 5.45. The Labute approximate surface area is 94.4 Å². The monoisotopic (exact) mass is 218 g/mol. The van der Waals surface area contributed by atoms with Crippen molar-refractivity contribution in [3.05, 3.63) is 29.8 Å². The van der Waals surface area contributed by atoms with Gasteiger partial charge in [0.15, 0.2) is 0 Å². The Hall–Kier alpha value is -1.64. The minimum Gasteiger partial charge on any atom is -0.427 e. The third-order valence-electron chi connectivity index (χ3n) is 2.60. The molecular formula is C13H14O3. The maximum Gasteiger partial charge on any atom is 0.308 e. The van der Waals surface area contributed by atoms with Crippen molar-refractivity contribution >= 4 is 11.8 Å². The van der Waals surface area contributed by atoms with Gasteiger partial charge in [-0.1, -0.05) is 12.1 Å². The molecule has 1 aliphatic rings. The summed E-state index contributed by atoms with van der Waals surface area (Å²) in [6.07, 6.45) is 2.58. The molecule has 2 rings (SSSR count). The summed E-state index contributed by atoms with van der Waals surface area (Å²) in [6, 6.07) is 7.10. The minimum absolute atomic E-state index is 0.299. The molecule has 0 N–H and O–H groups in total. The molecule has 0 atom stereocenters. The fourth-order valence-electron chi connectivity index (χ4n) is 1.59. The number of carbonyl (C=O) groups is 2. The average Bonchev–Trinajstić information content (AvgIpc) is 3.03. The molecule has 0 aromatic heterocycles. The van der Waals surface area contributed by atoms with Gasteiger partial charge in [-0.25, -0.2) is 0 Å². The normalized spacial score (nSPS) is 14.6. The number of benzene rings is 1. The molecule has 16 heavy (non-hydrogen) atoms. The van der Waals surface area contributed by atoms with Crippen molar-refractivity contribution in [2.24, 2.45) is 5.92 Å². The summed E-state index contributed by atoms with van der Waals surface area (Å²) in [5.41, 5.74) is 0.979. The van der Waals surface area contributed by atoms with Gasteiger partial charge in [0.25, 0.3) is 0 Å². The summed E-state index contributed by atoms with van der Waals surface area (Å²) in [7, 11) is 0. The SMILES string of the molecule is CC(=O)Oc1ccc(CC(=O)C2CC2)cc1. The zero-order valence-corrected chi connectivity index (χ0v) is 9.23. The van der Waals surface area contributed by atoms with Crippen LogP contribution >= 0.6 is 0 Å². The van der Waals surface area contributed by atoms with Crippen molar-refractivity contribution in [1.82, 2.24) is 0 Å². The van der Waals surface area contributed by atoms with E-state index in [1.54, 1.807) is 12.1 Å². The van der Waals surface area contributed by atoms with Crippen LogP contribution in [0, 0.1) is 5.92 Å². The van der Waals surface area contributed by atoms with Crippen molar-refractivity contribution < 1.29 is 14.3 Å². The van der Waals surface area contributed by atoms with E-state index in [9.17, 15) is 9.59 Å². The molecule has 0 saturated heterocycles. The van der Waals surface area contributed by atoms with Crippen molar-refractivity contribution in [2.75, 3.05) is 0 Å². The van der Waals surface area contributed by atoms with Crippen LogP contribution in [0.4, 0.5) is 0 Å². The highest BCUT2D eigenvalue weighted by atomic mass is 16.5. The van der Waals surface area contributed by atoms with Gasteiger partial charge in [-0.3, -0.25) is 9.59 Å². The Bertz CT molecular complexity index is 402. The Kier molecular flexibility index (Phi) is 3.04. The van der Waals surface area contributed by atoms with E-state index in [4.69, 9.17) is 4.74 Å². The van der Waals surface area contributed by atoms with Crippen LogP contribution in [0.3, 0.4) is 0 Å². The van der Waals surface area contributed by atoms with Gasteiger partial charge in [-0.15, -0.1) is 0 Å². The van der Waals surface area contributed by atoms with Gasteiger partial charge in [0.05, 0.1) is 0 Å². The Morgan fingerprint density at radius 3 is 2.38 bits per heavy atom. The fraction of sp³-hybridized carbons (Fsp3) is 0.385. The van der Waals surface area contributed by atoms with E-state index in [2.05, 4.69) is 0 Å². The van der Waals surface area contributed by atoms with Gasteiger partial charge in [-0.2, -0.15) is 0 Å². The molecule has 1 aliphatic carbocycles. The summed E-state index contributed by atoms with van der Waals surface area (Å²) in [4.78, 5) is 22.2. The zero-order chi connectivity index (χ0) is 11.5. The lowest BCUT2D eigenvalue weighted by Gasteiger charge is -2.03. The molecule has 1 fully saturated rings. The van der Waals surface area contributed by atoms with Crippen molar-refractivity contribution in [2.45, 2.75) is 26.2 Å². The van der Waals surface area contributed by atoms with E-state index in [0.29, 0.717) is 23.9 Å². The van der Waals surface area contributed by atoms with Crippen LogP contribution in [0.1, 0.15) is 25.3 Å². The Morgan fingerprint density at radius 2 is 1.88 bits per heavy atom. The molecule has 0 spiro atoms. The summed E-state index contributed by atoms with van der Waals surface area (Å²) in [6.45, 7) is 1.37. The van der Waals surface area contributed by atoms with Crippen LogP contribution < -0.4 is 4.74 Å². The van der Waals surface area contributed by atoms with E-state index in [0.717, 1.165) is 18.4 Å². The maximum absolute atomic E-state index is 11.6. The molecule has 3 nitrogen and oxygen atoms in total. The summed E-state index contributed by atoms with van der Waals surface area (Å²) in [5, 5.41) is 0. The fourth-order valence-corrected chi connectivity index (χ4v) is 1.59. The zero-order valence-electron chi connectivity index (χ0n) is 9.23. The van der Waals surface area contributed by atoms with E-state index in [-0.39, 0.29) is 5.97 Å². The molecule has 0 heterocycles. The van der Waals surface area contributed by atoms with Gasteiger partial charge in [0.1, 0.15) is 11.5 Å². The van der Waals surface area contributed by atoms with E-state index in [1.807, 2.05) is 12.1 Å². The standard InChI is InChI=1S/C13H14O3/c1-9(14)16-12-6-2-10(3-7-12)8-13(15)11-4-5-11/h2-3,6-7,11H,4-5,8H2,1H3. The molecule has 0 unspecified atom stereocenters. The number of hydrogen-bond donors (Lipinski definition) is 0. The molecule has 1 aromatic rings. The first kappa shape index (κ1) is 10.9. The second-order valence-electron chi connectivity index (χ2n) is 4.15. The van der Waals surface area contributed by atoms with Crippen LogP contribution in [0.2, 0.25) is 0 Å². The van der Waals surface area contributed by atoms with Gasteiger partial charge in [-0.05, 0) is 30.5 Å². The largest absolute Gasteiger partial charge is 0.427 e. The molecule has 0 aliphatic heterocycles. The summed E-state index contributed by atoms with van der Waals surface area (Å²) in [5.74, 6) is 0.810. The van der Waals surface area contributed by atoms with Crippen LogP contribution in [-0.2, 0) is 16.0 Å². The van der Waals surface area contributed by atoms with Crippen LogP contribution in [0.25, 0.3) is 0 Å². The minimum atomic E-state index is -0.332. The van der Waals surface area contributed by atoms with Gasteiger partial charge in [0, 0.05) is 19.3 Å². The lowest BCUT2D eigenvalue weighted by Crippen LogP contribution is -2.05. The van der Waals surface area contributed by atoms with Crippen molar-refractivity contribution in [3.63, 3.8) is 0 Å². The molecule has 1 saturated carbocycles. The number of ether oxygens (including phenoxy) is 1. The number of Topliss-reactive ketones (excluding diaryl/α,β-unsaturated/α-hetero) is 1. The molecule has 84 valence electrons. The smallest absolute Gasteiger partial charge is 0.308 e. The second kappa shape index (κ2) is 4.47.